The molecular formula is C20H12BrN3O5S. The largest absolute Gasteiger partial charge is 0.507 e. The summed E-state index contributed by atoms with van der Waals surface area (Å²) in [5.74, 6) is -2.11. The van der Waals surface area contributed by atoms with Crippen molar-refractivity contribution in [2.75, 3.05) is 4.90 Å². The van der Waals surface area contributed by atoms with Crippen LogP contribution >= 0.6 is 27.3 Å². The van der Waals surface area contributed by atoms with Gasteiger partial charge in [0.25, 0.3) is 11.5 Å². The second-order valence-electron chi connectivity index (χ2n) is 6.34. The van der Waals surface area contributed by atoms with Gasteiger partial charge in [-0.05, 0) is 17.7 Å². The fourth-order valence-electron chi connectivity index (χ4n) is 3.25. The highest BCUT2D eigenvalue weighted by atomic mass is 79.9. The molecule has 0 unspecified atom stereocenters. The summed E-state index contributed by atoms with van der Waals surface area (Å²) < 4.78 is 0.775. The minimum Gasteiger partial charge on any atom is -0.507 e. The van der Waals surface area contributed by atoms with Gasteiger partial charge in [0.2, 0.25) is 0 Å². The molecule has 30 heavy (non-hydrogen) atoms. The minimum absolute atomic E-state index is 0.155. The van der Waals surface area contributed by atoms with Crippen molar-refractivity contribution in [1.29, 1.82) is 0 Å². The molecule has 8 nitrogen and oxygen atoms in total. The van der Waals surface area contributed by atoms with Crippen LogP contribution < -0.4 is 4.90 Å². The first-order chi connectivity index (χ1) is 14.4. The third-order valence-corrected chi connectivity index (χ3v) is 5.88. The number of anilines is 1. The van der Waals surface area contributed by atoms with Gasteiger partial charge >= 0.3 is 5.91 Å². The summed E-state index contributed by atoms with van der Waals surface area (Å²) in [5, 5.41) is 24.1. The number of hydrogen-bond donors (Lipinski definition) is 1. The standard InChI is InChI=1S/C20H12BrN3O5S/c21-13-6-4-11(5-7-13)17(25)15-16(12-2-1-3-14(10-12)24(28)29)23(19(27)18(15)26)20-22-8-9-30-20/h1-10,16,25H/t16-/m1/s1. The number of ketones is 1. The zero-order chi connectivity index (χ0) is 21.4. The number of hydrogen-bond acceptors (Lipinski definition) is 7. The Morgan fingerprint density at radius 3 is 2.57 bits per heavy atom. The molecule has 2 aromatic carbocycles. The zero-order valence-corrected chi connectivity index (χ0v) is 17.5. The maximum absolute atomic E-state index is 12.9. The number of halogens is 1. The molecule has 1 N–H and O–H groups in total. The second-order valence-corrected chi connectivity index (χ2v) is 8.13. The Morgan fingerprint density at radius 2 is 1.93 bits per heavy atom. The second kappa shape index (κ2) is 7.81. The Kier molecular flexibility index (Phi) is 5.18. The van der Waals surface area contributed by atoms with Crippen molar-refractivity contribution >= 4 is 55.5 Å². The van der Waals surface area contributed by atoms with E-state index in [2.05, 4.69) is 20.9 Å². The van der Waals surface area contributed by atoms with Gasteiger partial charge in [0, 0.05) is 33.7 Å². The van der Waals surface area contributed by atoms with Crippen LogP contribution in [0.5, 0.6) is 0 Å². The molecule has 4 rings (SSSR count). The van der Waals surface area contributed by atoms with E-state index in [4.69, 9.17) is 0 Å². The quantitative estimate of drug-likeness (QED) is 0.192. The van der Waals surface area contributed by atoms with E-state index in [9.17, 15) is 24.8 Å². The third-order valence-electron chi connectivity index (χ3n) is 4.58. The van der Waals surface area contributed by atoms with E-state index in [-0.39, 0.29) is 22.2 Å². The van der Waals surface area contributed by atoms with Crippen LogP contribution in [-0.2, 0) is 9.59 Å². The first-order valence-electron chi connectivity index (χ1n) is 8.59. The molecule has 150 valence electrons. The number of aliphatic hydroxyl groups is 1. The normalized spacial score (nSPS) is 18.0. The first-order valence-corrected chi connectivity index (χ1v) is 10.3. The number of amides is 1. The number of rotatable bonds is 4. The fraction of sp³-hybridized carbons (Fsp3) is 0.0500. The van der Waals surface area contributed by atoms with Gasteiger partial charge in [0.05, 0.1) is 16.5 Å². The Morgan fingerprint density at radius 1 is 1.20 bits per heavy atom. The summed E-state index contributed by atoms with van der Waals surface area (Å²) in [6.07, 6.45) is 1.48. The van der Waals surface area contributed by atoms with Gasteiger partial charge in [-0.25, -0.2) is 4.98 Å². The lowest BCUT2D eigenvalue weighted by Crippen LogP contribution is -2.29. The number of Topliss-reactive ketones (excluding diaryl/α,β-unsaturated/α-hetero) is 1. The number of benzene rings is 2. The maximum atomic E-state index is 12.9. The number of nitrogens with zero attached hydrogens (tertiary/aromatic N) is 3. The summed E-state index contributed by atoms with van der Waals surface area (Å²) in [4.78, 5) is 41.8. The molecular weight excluding hydrogens is 474 g/mol. The molecule has 1 saturated heterocycles. The number of thiazole rings is 1. The number of aromatic nitrogens is 1. The Bertz CT molecular complexity index is 1190. The number of aliphatic hydroxyl groups excluding tert-OH is 1. The van der Waals surface area contributed by atoms with Crippen LogP contribution in [0.3, 0.4) is 0 Å². The van der Waals surface area contributed by atoms with Crippen LogP contribution in [0.25, 0.3) is 5.76 Å². The lowest BCUT2D eigenvalue weighted by molar-refractivity contribution is -0.384. The van der Waals surface area contributed by atoms with Crippen molar-refractivity contribution in [3.63, 3.8) is 0 Å². The smallest absolute Gasteiger partial charge is 0.301 e. The van der Waals surface area contributed by atoms with Crippen molar-refractivity contribution in [3.05, 3.63) is 91.4 Å². The number of nitro groups is 1. The topological polar surface area (TPSA) is 114 Å². The average molecular weight is 486 g/mol. The molecule has 0 radical (unpaired) electrons. The molecule has 3 aromatic rings. The Labute approximate surface area is 182 Å². The molecule has 2 heterocycles. The molecule has 0 spiro atoms. The molecule has 1 amide bonds. The Hall–Kier alpha value is -3.37. The van der Waals surface area contributed by atoms with E-state index >= 15 is 0 Å². The molecule has 1 fully saturated rings. The van der Waals surface area contributed by atoms with E-state index in [1.54, 1.807) is 35.7 Å². The van der Waals surface area contributed by atoms with E-state index in [1.165, 1.54) is 24.4 Å². The van der Waals surface area contributed by atoms with Crippen molar-refractivity contribution in [1.82, 2.24) is 4.98 Å². The molecule has 1 atom stereocenters. The number of carbonyl (C=O) groups excluding carboxylic acids is 2. The highest BCUT2D eigenvalue weighted by molar-refractivity contribution is 9.10. The summed E-state index contributed by atoms with van der Waals surface area (Å²) in [5.41, 5.74) is 0.307. The van der Waals surface area contributed by atoms with Crippen molar-refractivity contribution < 1.29 is 19.6 Å². The molecule has 10 heteroatoms. The molecule has 1 aliphatic heterocycles. The predicted molar refractivity (Wildman–Crippen MR) is 114 cm³/mol. The van der Waals surface area contributed by atoms with E-state index in [1.807, 2.05) is 0 Å². The highest BCUT2D eigenvalue weighted by Gasteiger charge is 2.48. The van der Waals surface area contributed by atoms with E-state index in [0.717, 1.165) is 20.7 Å². The molecule has 1 aromatic heterocycles. The van der Waals surface area contributed by atoms with Crippen LogP contribution in [0.4, 0.5) is 10.8 Å². The van der Waals surface area contributed by atoms with Crippen molar-refractivity contribution in [2.45, 2.75) is 6.04 Å². The van der Waals surface area contributed by atoms with Crippen molar-refractivity contribution in [3.8, 4) is 0 Å². The van der Waals surface area contributed by atoms with E-state index < -0.39 is 22.7 Å². The van der Waals surface area contributed by atoms with Gasteiger partial charge in [-0.15, -0.1) is 11.3 Å². The van der Waals surface area contributed by atoms with E-state index in [0.29, 0.717) is 11.1 Å². The van der Waals surface area contributed by atoms with Crippen LogP contribution in [0.2, 0.25) is 0 Å². The van der Waals surface area contributed by atoms with Crippen molar-refractivity contribution in [2.24, 2.45) is 0 Å². The van der Waals surface area contributed by atoms with Gasteiger partial charge in [-0.3, -0.25) is 24.6 Å². The van der Waals surface area contributed by atoms with Crippen LogP contribution in [0.15, 0.2) is 70.2 Å². The maximum Gasteiger partial charge on any atom is 0.301 e. The molecule has 0 saturated carbocycles. The molecule has 0 aliphatic carbocycles. The van der Waals surface area contributed by atoms with Gasteiger partial charge < -0.3 is 5.11 Å². The minimum atomic E-state index is -1.06. The van der Waals surface area contributed by atoms with Gasteiger partial charge in [-0.2, -0.15) is 0 Å². The average Bonchev–Trinajstić information content (AvgIpc) is 3.35. The Balaban J connectivity index is 1.95. The first kappa shape index (κ1) is 19.9. The van der Waals surface area contributed by atoms with Crippen LogP contribution in [-0.4, -0.2) is 26.7 Å². The zero-order valence-electron chi connectivity index (χ0n) is 15.1. The summed E-state index contributed by atoms with van der Waals surface area (Å²) >= 11 is 4.45. The van der Waals surface area contributed by atoms with Gasteiger partial charge in [-0.1, -0.05) is 40.2 Å². The molecule has 0 bridgehead atoms. The van der Waals surface area contributed by atoms with Gasteiger partial charge in [0.1, 0.15) is 5.76 Å². The lowest BCUT2D eigenvalue weighted by atomic mass is 9.95. The summed E-state index contributed by atoms with van der Waals surface area (Å²) in [7, 11) is 0. The predicted octanol–water partition coefficient (Wildman–Crippen LogP) is 4.44. The lowest BCUT2D eigenvalue weighted by Gasteiger charge is -2.22. The SMILES string of the molecule is O=C1C(=O)N(c2nccs2)[C@H](c2cccc([N+](=O)[O-])c2)C1=C(O)c1ccc(Br)cc1. The highest BCUT2D eigenvalue weighted by Crippen LogP contribution is 2.43. The number of nitro benzene ring substituents is 1. The van der Waals surface area contributed by atoms with Gasteiger partial charge in [0.15, 0.2) is 5.13 Å². The van der Waals surface area contributed by atoms with Crippen LogP contribution in [0, 0.1) is 10.1 Å². The number of carbonyl (C=O) groups is 2. The van der Waals surface area contributed by atoms with Crippen LogP contribution in [0.1, 0.15) is 17.2 Å². The summed E-state index contributed by atoms with van der Waals surface area (Å²) in [6.45, 7) is 0. The molecule has 1 aliphatic rings. The third kappa shape index (κ3) is 3.40. The fourth-order valence-corrected chi connectivity index (χ4v) is 4.18. The summed E-state index contributed by atoms with van der Waals surface area (Å²) in [6, 6.07) is 11.2. The monoisotopic (exact) mass is 485 g/mol. The number of non-ortho nitro benzene ring substituents is 1.